The highest BCUT2D eigenvalue weighted by Crippen LogP contribution is 2.10. The van der Waals surface area contributed by atoms with Crippen LogP contribution in [0.4, 0.5) is 0 Å². The van der Waals surface area contributed by atoms with Crippen LogP contribution in [0.5, 0.6) is 0 Å². The van der Waals surface area contributed by atoms with E-state index in [-0.39, 0.29) is 30.0 Å². The number of nitrogens with zero attached hydrogens (tertiary/aromatic N) is 1. The minimum absolute atomic E-state index is 0.0861. The molecule has 0 unspecified atom stereocenters. The molecule has 0 aromatic carbocycles. The van der Waals surface area contributed by atoms with Crippen molar-refractivity contribution >= 4 is 5.91 Å². The molecule has 1 saturated heterocycles. The van der Waals surface area contributed by atoms with Crippen molar-refractivity contribution in [1.29, 1.82) is 0 Å². The highest BCUT2D eigenvalue weighted by Gasteiger charge is 2.27. The maximum absolute atomic E-state index is 12.0. The predicted molar refractivity (Wildman–Crippen MR) is 74.2 cm³/mol. The molecular formula is C13H19N3O5. The third-order valence-electron chi connectivity index (χ3n) is 3.56. The fourth-order valence-electron chi connectivity index (χ4n) is 2.28. The SMILES string of the molecule is CO[C@@H]1COCC[C@H]1NC(=O)Cc1c[nH]c(=O)n(C)c1=O. The summed E-state index contributed by atoms with van der Waals surface area (Å²) in [7, 11) is 2.93. The van der Waals surface area contributed by atoms with Crippen LogP contribution in [0, 0.1) is 0 Å². The van der Waals surface area contributed by atoms with Crippen molar-refractivity contribution in [2.75, 3.05) is 20.3 Å². The molecular weight excluding hydrogens is 278 g/mol. The number of rotatable bonds is 4. The molecule has 116 valence electrons. The number of aromatic nitrogens is 2. The Labute approximate surface area is 121 Å². The molecule has 0 aliphatic carbocycles. The van der Waals surface area contributed by atoms with Crippen LogP contribution in [0.3, 0.4) is 0 Å². The van der Waals surface area contributed by atoms with E-state index in [1.165, 1.54) is 13.2 Å². The first-order chi connectivity index (χ1) is 10.0. The topological polar surface area (TPSA) is 102 Å². The summed E-state index contributed by atoms with van der Waals surface area (Å²) in [5.74, 6) is -0.284. The molecule has 2 rings (SSSR count). The van der Waals surface area contributed by atoms with Gasteiger partial charge in [-0.1, -0.05) is 0 Å². The van der Waals surface area contributed by atoms with Crippen molar-refractivity contribution in [1.82, 2.24) is 14.9 Å². The third kappa shape index (κ3) is 3.59. The highest BCUT2D eigenvalue weighted by molar-refractivity contribution is 5.78. The van der Waals surface area contributed by atoms with Gasteiger partial charge >= 0.3 is 5.69 Å². The zero-order chi connectivity index (χ0) is 15.4. The Balaban J connectivity index is 2.03. The van der Waals surface area contributed by atoms with Gasteiger partial charge in [0.05, 0.1) is 19.1 Å². The molecule has 0 bridgehead atoms. The average molecular weight is 297 g/mol. The van der Waals surface area contributed by atoms with E-state index in [4.69, 9.17) is 9.47 Å². The van der Waals surface area contributed by atoms with E-state index in [0.717, 1.165) is 4.57 Å². The number of hydrogen-bond acceptors (Lipinski definition) is 5. The second kappa shape index (κ2) is 6.68. The fourth-order valence-corrected chi connectivity index (χ4v) is 2.28. The summed E-state index contributed by atoms with van der Waals surface area (Å²) >= 11 is 0. The van der Waals surface area contributed by atoms with Gasteiger partial charge in [-0.2, -0.15) is 0 Å². The largest absolute Gasteiger partial charge is 0.379 e. The summed E-state index contributed by atoms with van der Waals surface area (Å²) in [5.41, 5.74) is -0.729. The second-order valence-electron chi connectivity index (χ2n) is 4.97. The number of methoxy groups -OCH3 is 1. The lowest BCUT2D eigenvalue weighted by atomic mass is 10.1. The molecule has 1 aliphatic rings. The molecule has 21 heavy (non-hydrogen) atoms. The van der Waals surface area contributed by atoms with E-state index >= 15 is 0 Å². The van der Waals surface area contributed by atoms with Crippen molar-refractivity contribution in [3.05, 3.63) is 32.6 Å². The summed E-state index contributed by atoms with van der Waals surface area (Å²) in [6, 6.07) is -0.136. The Bertz CT molecular complexity index is 621. The van der Waals surface area contributed by atoms with Gasteiger partial charge < -0.3 is 19.8 Å². The highest BCUT2D eigenvalue weighted by atomic mass is 16.5. The van der Waals surface area contributed by atoms with Crippen LogP contribution in [0.25, 0.3) is 0 Å². The number of carbonyl (C=O) groups excluding carboxylic acids is 1. The van der Waals surface area contributed by atoms with Crippen LogP contribution in [0.15, 0.2) is 15.8 Å². The normalized spacial score (nSPS) is 22.0. The molecule has 0 saturated carbocycles. The van der Waals surface area contributed by atoms with Gasteiger partial charge in [0.15, 0.2) is 0 Å². The Morgan fingerprint density at radius 1 is 1.57 bits per heavy atom. The van der Waals surface area contributed by atoms with Gasteiger partial charge in [0.2, 0.25) is 5.91 Å². The van der Waals surface area contributed by atoms with Crippen molar-refractivity contribution in [3.8, 4) is 0 Å². The Morgan fingerprint density at radius 3 is 3.05 bits per heavy atom. The molecule has 8 heteroatoms. The molecule has 1 fully saturated rings. The lowest BCUT2D eigenvalue weighted by Gasteiger charge is -2.31. The second-order valence-corrected chi connectivity index (χ2v) is 4.97. The molecule has 2 heterocycles. The summed E-state index contributed by atoms with van der Waals surface area (Å²) < 4.78 is 11.5. The standard InChI is InChI=1S/C13H19N3O5/c1-16-12(18)8(6-14-13(16)19)5-11(17)15-9-3-4-21-7-10(9)20-2/h6,9-10H,3-5,7H2,1-2H3,(H,14,19)(H,15,17)/t9-,10-/m1/s1. The molecule has 1 aromatic heterocycles. The maximum Gasteiger partial charge on any atom is 0.328 e. The molecule has 1 aromatic rings. The third-order valence-corrected chi connectivity index (χ3v) is 3.56. The average Bonchev–Trinajstić information content (AvgIpc) is 2.48. The van der Waals surface area contributed by atoms with Gasteiger partial charge in [-0.15, -0.1) is 0 Å². The summed E-state index contributed by atoms with van der Waals surface area (Å²) in [6.07, 6.45) is 1.66. The Morgan fingerprint density at radius 2 is 2.33 bits per heavy atom. The number of ether oxygens (including phenoxy) is 2. The molecule has 0 radical (unpaired) electrons. The van der Waals surface area contributed by atoms with Crippen LogP contribution >= 0.6 is 0 Å². The lowest BCUT2D eigenvalue weighted by molar-refractivity contribution is -0.124. The van der Waals surface area contributed by atoms with Crippen molar-refractivity contribution in [2.45, 2.75) is 25.0 Å². The lowest BCUT2D eigenvalue weighted by Crippen LogP contribution is -2.50. The van der Waals surface area contributed by atoms with Gasteiger partial charge in [-0.05, 0) is 6.42 Å². The number of H-pyrrole nitrogens is 1. The zero-order valence-corrected chi connectivity index (χ0v) is 12.0. The van der Waals surface area contributed by atoms with Crippen molar-refractivity contribution in [3.63, 3.8) is 0 Å². The Kier molecular flexibility index (Phi) is 4.92. The van der Waals surface area contributed by atoms with Gasteiger partial charge in [-0.3, -0.25) is 14.2 Å². The van der Waals surface area contributed by atoms with Gasteiger partial charge in [-0.25, -0.2) is 4.79 Å². The minimum atomic E-state index is -0.506. The van der Waals surface area contributed by atoms with E-state index < -0.39 is 11.2 Å². The van der Waals surface area contributed by atoms with E-state index in [1.54, 1.807) is 7.11 Å². The first-order valence-electron chi connectivity index (χ1n) is 6.70. The van der Waals surface area contributed by atoms with Crippen LogP contribution in [0.2, 0.25) is 0 Å². The molecule has 2 atom stereocenters. The van der Waals surface area contributed by atoms with Crippen molar-refractivity contribution < 1.29 is 14.3 Å². The molecule has 1 aliphatic heterocycles. The van der Waals surface area contributed by atoms with E-state index in [1.807, 2.05) is 0 Å². The van der Waals surface area contributed by atoms with Crippen LogP contribution < -0.4 is 16.6 Å². The van der Waals surface area contributed by atoms with Gasteiger partial charge in [0, 0.05) is 32.5 Å². The first kappa shape index (κ1) is 15.5. The van der Waals surface area contributed by atoms with Crippen LogP contribution in [0.1, 0.15) is 12.0 Å². The number of aromatic amines is 1. The number of nitrogens with one attached hydrogen (secondary N) is 2. The van der Waals surface area contributed by atoms with Crippen molar-refractivity contribution in [2.24, 2.45) is 7.05 Å². The molecule has 0 spiro atoms. The first-order valence-corrected chi connectivity index (χ1v) is 6.70. The predicted octanol–water partition coefficient (Wildman–Crippen LogP) is -1.46. The maximum atomic E-state index is 12.0. The van der Waals surface area contributed by atoms with Crippen LogP contribution in [-0.4, -0.2) is 47.9 Å². The molecule has 1 amide bonds. The molecule has 8 nitrogen and oxygen atoms in total. The van der Waals surface area contributed by atoms with E-state index in [9.17, 15) is 14.4 Å². The van der Waals surface area contributed by atoms with Gasteiger partial charge in [0.25, 0.3) is 5.56 Å². The zero-order valence-electron chi connectivity index (χ0n) is 12.0. The smallest absolute Gasteiger partial charge is 0.328 e. The number of hydrogen-bond donors (Lipinski definition) is 2. The van der Waals surface area contributed by atoms with Gasteiger partial charge in [0.1, 0.15) is 6.10 Å². The number of carbonyl (C=O) groups is 1. The Hall–Kier alpha value is -1.93. The summed E-state index contributed by atoms with van der Waals surface area (Å²) in [6.45, 7) is 0.993. The fraction of sp³-hybridized carbons (Fsp3) is 0.615. The summed E-state index contributed by atoms with van der Waals surface area (Å²) in [4.78, 5) is 37.6. The molecule has 2 N–H and O–H groups in total. The minimum Gasteiger partial charge on any atom is -0.379 e. The summed E-state index contributed by atoms with van der Waals surface area (Å²) in [5, 5.41) is 2.85. The van der Waals surface area contributed by atoms with Crippen LogP contribution in [-0.2, 0) is 27.7 Å². The number of amides is 1. The van der Waals surface area contributed by atoms with E-state index in [2.05, 4.69) is 10.3 Å². The quantitative estimate of drug-likeness (QED) is 0.707. The van der Waals surface area contributed by atoms with E-state index in [0.29, 0.717) is 19.6 Å². The monoisotopic (exact) mass is 297 g/mol.